The van der Waals surface area contributed by atoms with Crippen molar-refractivity contribution in [2.24, 2.45) is 0 Å². The van der Waals surface area contributed by atoms with Crippen LogP contribution in [0.3, 0.4) is 0 Å². The number of hydrogen-bond donors (Lipinski definition) is 1. The molecule has 0 saturated carbocycles. The highest BCUT2D eigenvalue weighted by molar-refractivity contribution is 6.44. The third-order valence-corrected chi connectivity index (χ3v) is 2.73. The van der Waals surface area contributed by atoms with Crippen LogP contribution in [0.15, 0.2) is 30.3 Å². The number of hydrogen-bond acceptors (Lipinski definition) is 3. The minimum atomic E-state index is -0.852. The first-order valence-corrected chi connectivity index (χ1v) is 5.31. The molecule has 4 amide bonds. The highest BCUT2D eigenvalue weighted by Gasteiger charge is 2.37. The molecule has 1 heterocycles. The second kappa shape index (κ2) is 4.37. The summed E-state index contributed by atoms with van der Waals surface area (Å²) >= 11 is 0. The van der Waals surface area contributed by atoms with Crippen molar-refractivity contribution in [3.8, 4) is 0 Å². The van der Waals surface area contributed by atoms with Crippen LogP contribution in [0.5, 0.6) is 0 Å². The van der Waals surface area contributed by atoms with E-state index in [1.54, 1.807) is 0 Å². The average molecular weight is 232 g/mol. The molecule has 0 aromatic heterocycles. The molecular weight excluding hydrogens is 220 g/mol. The fraction of sp³-hybridized carbons (Fsp3) is 0.250. The average Bonchev–Trinajstić information content (AvgIpc) is 2.57. The van der Waals surface area contributed by atoms with Crippen LogP contribution in [0.2, 0.25) is 0 Å². The van der Waals surface area contributed by atoms with Gasteiger partial charge < -0.3 is 0 Å². The molecular formula is C12H12N2O3. The van der Waals surface area contributed by atoms with E-state index in [0.29, 0.717) is 0 Å². The fourth-order valence-electron chi connectivity index (χ4n) is 1.76. The van der Waals surface area contributed by atoms with E-state index < -0.39 is 17.8 Å². The van der Waals surface area contributed by atoms with E-state index in [9.17, 15) is 14.4 Å². The molecule has 1 aliphatic rings. The summed E-state index contributed by atoms with van der Waals surface area (Å²) in [5.74, 6) is -1.63. The molecule has 1 aromatic rings. The van der Waals surface area contributed by atoms with Gasteiger partial charge >= 0.3 is 17.8 Å². The molecule has 5 nitrogen and oxygen atoms in total. The quantitative estimate of drug-likeness (QED) is 0.621. The van der Waals surface area contributed by atoms with Crippen molar-refractivity contribution in [3.63, 3.8) is 0 Å². The Kier molecular flexibility index (Phi) is 2.91. The molecule has 5 heteroatoms. The first kappa shape index (κ1) is 11.3. The van der Waals surface area contributed by atoms with Crippen molar-refractivity contribution in [2.75, 3.05) is 6.54 Å². The van der Waals surface area contributed by atoms with E-state index in [2.05, 4.69) is 0 Å². The smallest absolute Gasteiger partial charge is 0.269 e. The van der Waals surface area contributed by atoms with Gasteiger partial charge in [-0.25, -0.2) is 4.79 Å². The van der Waals surface area contributed by atoms with E-state index in [1.807, 2.05) is 42.6 Å². The molecule has 0 spiro atoms. The van der Waals surface area contributed by atoms with Crippen LogP contribution in [0.25, 0.3) is 0 Å². The van der Waals surface area contributed by atoms with Crippen molar-refractivity contribution in [2.45, 2.75) is 12.8 Å². The van der Waals surface area contributed by atoms with Gasteiger partial charge in [-0.3, -0.25) is 19.8 Å². The van der Waals surface area contributed by atoms with Crippen molar-refractivity contribution in [3.05, 3.63) is 35.9 Å². The monoisotopic (exact) mass is 232 g/mol. The van der Waals surface area contributed by atoms with Gasteiger partial charge in [0.05, 0.1) is 0 Å². The summed E-state index contributed by atoms with van der Waals surface area (Å²) in [6, 6.07) is 8.89. The van der Waals surface area contributed by atoms with Crippen LogP contribution in [-0.2, 0) is 9.59 Å². The van der Waals surface area contributed by atoms with Crippen LogP contribution < -0.4 is 5.32 Å². The number of urea groups is 1. The normalized spacial score (nSPS) is 17.2. The van der Waals surface area contributed by atoms with E-state index >= 15 is 0 Å². The standard InChI is InChI=1S/C12H12N2O3/c1-8(9-5-3-2-4-6-9)7-14-11(16)10(15)13-12(14)17/h2-6,8H,7H2,1H3,(H,13,15,17). The lowest BCUT2D eigenvalue weighted by molar-refractivity contribution is -0.140. The van der Waals surface area contributed by atoms with Gasteiger partial charge in [0.15, 0.2) is 0 Å². The van der Waals surface area contributed by atoms with Gasteiger partial charge in [-0.2, -0.15) is 0 Å². The second-order valence-electron chi connectivity index (χ2n) is 3.99. The zero-order chi connectivity index (χ0) is 12.4. The summed E-state index contributed by atoms with van der Waals surface area (Å²) in [4.78, 5) is 34.6. The molecule has 1 aromatic carbocycles. The summed E-state index contributed by atoms with van der Waals surface area (Å²) < 4.78 is 0. The van der Waals surface area contributed by atoms with Gasteiger partial charge in [0.1, 0.15) is 0 Å². The van der Waals surface area contributed by atoms with E-state index in [4.69, 9.17) is 0 Å². The highest BCUT2D eigenvalue weighted by Crippen LogP contribution is 2.17. The molecule has 1 saturated heterocycles. The summed E-state index contributed by atoms with van der Waals surface area (Å²) in [7, 11) is 0. The summed E-state index contributed by atoms with van der Waals surface area (Å²) in [6.45, 7) is 2.11. The minimum absolute atomic E-state index is 0.00296. The predicted molar refractivity (Wildman–Crippen MR) is 60.1 cm³/mol. The number of rotatable bonds is 3. The first-order valence-electron chi connectivity index (χ1n) is 5.31. The van der Waals surface area contributed by atoms with Crippen LogP contribution >= 0.6 is 0 Å². The number of carbonyl (C=O) groups is 3. The second-order valence-corrected chi connectivity index (χ2v) is 3.99. The molecule has 0 bridgehead atoms. The highest BCUT2D eigenvalue weighted by atomic mass is 16.2. The zero-order valence-electron chi connectivity index (χ0n) is 9.34. The number of carbonyl (C=O) groups excluding carboxylic acids is 3. The summed E-state index contributed by atoms with van der Waals surface area (Å²) in [6.07, 6.45) is 0. The third-order valence-electron chi connectivity index (χ3n) is 2.73. The van der Waals surface area contributed by atoms with Gasteiger partial charge in [0.25, 0.3) is 0 Å². The molecule has 0 aliphatic carbocycles. The maximum Gasteiger partial charge on any atom is 0.331 e. The van der Waals surface area contributed by atoms with Crippen LogP contribution in [0.4, 0.5) is 4.79 Å². The molecule has 1 aliphatic heterocycles. The Morgan fingerprint density at radius 1 is 1.18 bits per heavy atom. The maximum atomic E-state index is 11.4. The van der Waals surface area contributed by atoms with E-state index in [-0.39, 0.29) is 12.5 Å². The van der Waals surface area contributed by atoms with Gasteiger partial charge in [-0.15, -0.1) is 0 Å². The number of benzene rings is 1. The Bertz CT molecular complexity index is 470. The lowest BCUT2D eigenvalue weighted by Gasteiger charge is -2.17. The maximum absolute atomic E-state index is 11.4. The summed E-state index contributed by atoms with van der Waals surface area (Å²) in [5, 5.41) is 1.97. The topological polar surface area (TPSA) is 66.5 Å². The molecule has 1 N–H and O–H groups in total. The SMILES string of the molecule is CC(CN1C(=O)NC(=O)C1=O)c1ccccc1. The van der Waals surface area contributed by atoms with E-state index in [0.717, 1.165) is 10.5 Å². The molecule has 1 atom stereocenters. The number of imide groups is 2. The van der Waals surface area contributed by atoms with Crippen LogP contribution in [0, 0.1) is 0 Å². The lowest BCUT2D eigenvalue weighted by Crippen LogP contribution is -2.34. The van der Waals surface area contributed by atoms with Gasteiger partial charge in [-0.05, 0) is 11.5 Å². The molecule has 88 valence electrons. The summed E-state index contributed by atoms with van der Waals surface area (Å²) in [5.41, 5.74) is 1.02. The molecule has 1 unspecified atom stereocenters. The first-order chi connectivity index (χ1) is 8.09. The Hall–Kier alpha value is -2.17. The Morgan fingerprint density at radius 2 is 1.82 bits per heavy atom. The zero-order valence-corrected chi connectivity index (χ0v) is 9.34. The Morgan fingerprint density at radius 3 is 2.35 bits per heavy atom. The number of nitrogens with zero attached hydrogens (tertiary/aromatic N) is 1. The minimum Gasteiger partial charge on any atom is -0.269 e. The predicted octanol–water partition coefficient (Wildman–Crippen LogP) is 0.868. The van der Waals surface area contributed by atoms with Crippen LogP contribution in [0.1, 0.15) is 18.4 Å². The van der Waals surface area contributed by atoms with Gasteiger partial charge in [0, 0.05) is 6.54 Å². The van der Waals surface area contributed by atoms with Crippen molar-refractivity contribution >= 4 is 17.8 Å². The van der Waals surface area contributed by atoms with Gasteiger partial charge in [-0.1, -0.05) is 37.3 Å². The number of nitrogens with one attached hydrogen (secondary N) is 1. The number of amides is 4. The van der Waals surface area contributed by atoms with Crippen molar-refractivity contribution < 1.29 is 14.4 Å². The largest absolute Gasteiger partial charge is 0.331 e. The van der Waals surface area contributed by atoms with E-state index in [1.165, 1.54) is 0 Å². The molecule has 1 fully saturated rings. The van der Waals surface area contributed by atoms with Gasteiger partial charge in [0.2, 0.25) is 0 Å². The molecule has 0 radical (unpaired) electrons. The Labute approximate surface area is 98.4 Å². The molecule has 2 rings (SSSR count). The fourth-order valence-corrected chi connectivity index (χ4v) is 1.76. The van der Waals surface area contributed by atoms with Crippen molar-refractivity contribution in [1.82, 2.24) is 10.2 Å². The lowest BCUT2D eigenvalue weighted by atomic mass is 10.0. The van der Waals surface area contributed by atoms with Crippen molar-refractivity contribution in [1.29, 1.82) is 0 Å². The third kappa shape index (κ3) is 2.18. The van der Waals surface area contributed by atoms with Crippen LogP contribution in [-0.4, -0.2) is 29.3 Å². The Balaban J connectivity index is 2.09. The molecule has 17 heavy (non-hydrogen) atoms.